The maximum absolute atomic E-state index is 9.24. The van der Waals surface area contributed by atoms with Crippen molar-refractivity contribution in [3.8, 4) is 11.4 Å². The highest BCUT2D eigenvalue weighted by atomic mass is 28.3. The SMILES string of the molecule is [2H]c1c([2H])c([2H])c2c(c1[2H])c1c([2H])c([2H])c([2H])c([2H])c1n2-c1cccc([Si](c2ccccc2)(c2ccccc2)c2ccc(-n3c4ccccc4c4c5c6ccccc6c6ccccc6c5ccc43)cc2)c1. The molecule has 0 atom stereocenters. The zero-order valence-electron chi connectivity index (χ0n) is 41.9. The lowest BCUT2D eigenvalue weighted by atomic mass is 9.92. The van der Waals surface area contributed by atoms with Crippen LogP contribution in [0.15, 0.2) is 242 Å². The van der Waals surface area contributed by atoms with Gasteiger partial charge in [-0.3, -0.25) is 0 Å². The van der Waals surface area contributed by atoms with Gasteiger partial charge < -0.3 is 9.13 Å². The van der Waals surface area contributed by atoms with Crippen molar-refractivity contribution in [2.45, 2.75) is 0 Å². The van der Waals surface area contributed by atoms with E-state index in [4.69, 9.17) is 8.22 Å². The summed E-state index contributed by atoms with van der Waals surface area (Å²) in [6, 6.07) is 65.3. The Labute approximate surface area is 377 Å². The molecule has 2 nitrogen and oxygen atoms in total. The van der Waals surface area contributed by atoms with Crippen LogP contribution in [0.1, 0.15) is 11.0 Å². The minimum atomic E-state index is -3.30. The number of rotatable bonds is 6. The van der Waals surface area contributed by atoms with Crippen molar-refractivity contribution in [3.63, 3.8) is 0 Å². The summed E-state index contributed by atoms with van der Waals surface area (Å²) in [7, 11) is -3.30. The first-order chi connectivity index (χ1) is 34.6. The van der Waals surface area contributed by atoms with Gasteiger partial charge in [0.05, 0.1) is 33.0 Å². The highest BCUT2D eigenvalue weighted by Gasteiger charge is 2.41. The predicted molar refractivity (Wildman–Crippen MR) is 271 cm³/mol. The minimum absolute atomic E-state index is 0.0493. The molecule has 0 aliphatic rings. The molecule has 13 aromatic rings. The lowest BCUT2D eigenvalue weighted by Crippen LogP contribution is -2.74. The third kappa shape index (κ3) is 5.18. The average Bonchev–Trinajstić information content (AvgIpc) is 3.96. The summed E-state index contributed by atoms with van der Waals surface area (Å²) < 4.78 is 75.3. The van der Waals surface area contributed by atoms with Gasteiger partial charge in [-0.25, -0.2) is 0 Å². The molecular formula is C60H40N2Si. The highest BCUT2D eigenvalue weighted by molar-refractivity contribution is 7.19. The van der Waals surface area contributed by atoms with Crippen molar-refractivity contribution in [3.05, 3.63) is 242 Å². The van der Waals surface area contributed by atoms with Crippen LogP contribution in [-0.4, -0.2) is 17.2 Å². The van der Waals surface area contributed by atoms with E-state index in [0.717, 1.165) is 37.5 Å². The summed E-state index contributed by atoms with van der Waals surface area (Å²) in [4.78, 5) is 0. The second-order valence-electron chi connectivity index (χ2n) is 16.2. The number of para-hydroxylation sites is 3. The van der Waals surface area contributed by atoms with Crippen LogP contribution < -0.4 is 20.7 Å². The van der Waals surface area contributed by atoms with Gasteiger partial charge in [0.1, 0.15) is 0 Å². The monoisotopic (exact) mass is 824 g/mol. The molecule has 13 rings (SSSR count). The van der Waals surface area contributed by atoms with Crippen LogP contribution in [0.5, 0.6) is 0 Å². The smallest absolute Gasteiger partial charge is 0.179 e. The van der Waals surface area contributed by atoms with E-state index in [2.05, 4.69) is 168 Å². The largest absolute Gasteiger partial charge is 0.309 e. The third-order valence-corrected chi connectivity index (χ3v) is 17.9. The lowest BCUT2D eigenvalue weighted by Gasteiger charge is -2.35. The summed E-state index contributed by atoms with van der Waals surface area (Å²) in [5.41, 5.74) is 3.91. The van der Waals surface area contributed by atoms with Gasteiger partial charge in [0.2, 0.25) is 0 Å². The molecule has 0 spiro atoms. The first-order valence-electron chi connectivity index (χ1n) is 25.2. The van der Waals surface area contributed by atoms with Crippen molar-refractivity contribution < 1.29 is 11.0 Å². The summed E-state index contributed by atoms with van der Waals surface area (Å²) in [5, 5.41) is 14.1. The van der Waals surface area contributed by atoms with Crippen molar-refractivity contribution in [2.75, 3.05) is 0 Å². The summed E-state index contributed by atoms with van der Waals surface area (Å²) in [5.74, 6) is 0. The lowest BCUT2D eigenvalue weighted by molar-refractivity contribution is 1.18. The fourth-order valence-electron chi connectivity index (χ4n) is 10.5. The second-order valence-corrected chi connectivity index (χ2v) is 20.0. The number of nitrogens with zero attached hydrogens (tertiary/aromatic N) is 2. The average molecular weight is 825 g/mol. The van der Waals surface area contributed by atoms with Gasteiger partial charge in [0, 0.05) is 38.3 Å². The van der Waals surface area contributed by atoms with Crippen LogP contribution in [0.3, 0.4) is 0 Å². The number of benzene rings is 11. The van der Waals surface area contributed by atoms with E-state index in [9.17, 15) is 2.74 Å². The van der Waals surface area contributed by atoms with E-state index in [1.165, 1.54) is 43.1 Å². The fourth-order valence-corrected chi connectivity index (χ4v) is 15.3. The number of aromatic nitrogens is 2. The molecule has 3 heteroatoms. The van der Waals surface area contributed by atoms with Crippen LogP contribution >= 0.6 is 0 Å². The molecule has 11 aromatic carbocycles. The number of hydrogen-bond acceptors (Lipinski definition) is 0. The molecule has 63 heavy (non-hydrogen) atoms. The van der Waals surface area contributed by atoms with Crippen molar-refractivity contribution >= 4 is 105 Å². The Morgan fingerprint density at radius 2 is 0.762 bits per heavy atom. The van der Waals surface area contributed by atoms with E-state index >= 15 is 0 Å². The molecular weight excluding hydrogens is 777 g/mol. The maximum atomic E-state index is 9.24. The molecule has 2 heterocycles. The van der Waals surface area contributed by atoms with E-state index in [1.54, 1.807) is 4.57 Å². The molecule has 0 bridgehead atoms. The number of hydrogen-bond donors (Lipinski definition) is 0. The van der Waals surface area contributed by atoms with Crippen molar-refractivity contribution in [1.82, 2.24) is 9.13 Å². The Kier molecular flexibility index (Phi) is 6.35. The van der Waals surface area contributed by atoms with Gasteiger partial charge >= 0.3 is 0 Å². The molecule has 294 valence electrons. The molecule has 2 aromatic heterocycles. The van der Waals surface area contributed by atoms with Crippen LogP contribution in [0.25, 0.3) is 87.3 Å². The van der Waals surface area contributed by atoms with Gasteiger partial charge in [0.25, 0.3) is 0 Å². The minimum Gasteiger partial charge on any atom is -0.309 e. The molecule has 0 saturated heterocycles. The first kappa shape index (κ1) is 28.5. The molecule has 0 radical (unpaired) electrons. The predicted octanol–water partition coefficient (Wildman–Crippen LogP) is 12.7. The van der Waals surface area contributed by atoms with Gasteiger partial charge in [0.15, 0.2) is 8.07 Å². The maximum Gasteiger partial charge on any atom is 0.179 e. The summed E-state index contributed by atoms with van der Waals surface area (Å²) in [6.45, 7) is 0. The normalized spacial score (nSPS) is 13.9. The first-order valence-corrected chi connectivity index (χ1v) is 23.2. The van der Waals surface area contributed by atoms with Gasteiger partial charge in [-0.05, 0) is 96.2 Å². The quantitative estimate of drug-likeness (QED) is 0.0898. The molecule has 0 aliphatic carbocycles. The van der Waals surface area contributed by atoms with Gasteiger partial charge in [-0.1, -0.05) is 194 Å². The molecule has 0 amide bonds. The fraction of sp³-hybridized carbons (Fsp3) is 0. The van der Waals surface area contributed by atoms with E-state index in [-0.39, 0.29) is 46.0 Å². The van der Waals surface area contributed by atoms with Crippen LogP contribution in [0.2, 0.25) is 0 Å². The summed E-state index contributed by atoms with van der Waals surface area (Å²) >= 11 is 0. The Morgan fingerprint density at radius 1 is 0.286 bits per heavy atom. The van der Waals surface area contributed by atoms with Crippen molar-refractivity contribution in [2.24, 2.45) is 0 Å². The summed E-state index contributed by atoms with van der Waals surface area (Å²) in [6.07, 6.45) is 0. The second kappa shape index (κ2) is 14.0. The van der Waals surface area contributed by atoms with Crippen LogP contribution in [0.4, 0.5) is 0 Å². The highest BCUT2D eigenvalue weighted by Crippen LogP contribution is 2.43. The van der Waals surface area contributed by atoms with E-state index < -0.39 is 32.2 Å². The zero-order valence-corrected chi connectivity index (χ0v) is 34.9. The van der Waals surface area contributed by atoms with Crippen molar-refractivity contribution in [1.29, 1.82) is 0 Å². The number of fused-ring (bicyclic) bond motifs is 13. The zero-order chi connectivity index (χ0) is 48.4. The Balaban J connectivity index is 1.08. The molecule has 0 unspecified atom stereocenters. The van der Waals surface area contributed by atoms with Crippen LogP contribution in [-0.2, 0) is 0 Å². The topological polar surface area (TPSA) is 9.86 Å². The molecule has 0 N–H and O–H groups in total. The Hall–Kier alpha value is -7.98. The van der Waals surface area contributed by atoms with E-state index in [0.29, 0.717) is 5.69 Å². The third-order valence-electron chi connectivity index (χ3n) is 13.1. The molecule has 0 fully saturated rings. The molecule has 0 saturated carbocycles. The van der Waals surface area contributed by atoms with Gasteiger partial charge in [-0.2, -0.15) is 0 Å². The Morgan fingerprint density at radius 3 is 1.40 bits per heavy atom. The van der Waals surface area contributed by atoms with E-state index in [1.807, 2.05) is 30.3 Å². The standard InChI is InChI=1S/C60H40N2Si/c1-3-19-43(20-4-1)63(44-21-5-2-6-22-44,46-23-17-18-42(40-46)62-55-31-14-11-27-50(55)51-28-12-15-32-56(51)62)45-36-34-41(35-37-45)61-57-33-16-13-30-54(57)60-58(61)39-38-53-49-26-8-7-24-47(49)48-25-9-10-29-52(48)59(53)60/h1-40H/i11D,12D,14D,15D,27D,28D,31D,32D. The van der Waals surface area contributed by atoms with Crippen LogP contribution in [0, 0.1) is 0 Å². The van der Waals surface area contributed by atoms with Gasteiger partial charge in [-0.15, -0.1) is 0 Å². The molecule has 0 aliphatic heterocycles. The Bertz CT molecular complexity index is 4230.